The van der Waals surface area contributed by atoms with E-state index in [1.807, 2.05) is 91.0 Å². The van der Waals surface area contributed by atoms with E-state index >= 15 is 0 Å². The lowest BCUT2D eigenvalue weighted by Crippen LogP contribution is -1.96. The van der Waals surface area contributed by atoms with Crippen molar-refractivity contribution in [3.05, 3.63) is 109 Å². The minimum Gasteiger partial charge on any atom is -0.355 e. The van der Waals surface area contributed by atoms with Crippen molar-refractivity contribution in [2.45, 2.75) is 0 Å². The van der Waals surface area contributed by atoms with Gasteiger partial charge in [-0.2, -0.15) is 0 Å². The van der Waals surface area contributed by atoms with Crippen molar-refractivity contribution in [3.8, 4) is 11.3 Å². The molecule has 0 spiro atoms. The van der Waals surface area contributed by atoms with Crippen molar-refractivity contribution in [3.63, 3.8) is 0 Å². The van der Waals surface area contributed by atoms with E-state index in [1.54, 1.807) is 6.21 Å². The van der Waals surface area contributed by atoms with E-state index in [2.05, 4.69) is 22.4 Å². The average Bonchev–Trinajstić information content (AvgIpc) is 2.74. The summed E-state index contributed by atoms with van der Waals surface area (Å²) >= 11 is 0. The molecular formula is C24H19N3. The highest BCUT2D eigenvalue weighted by molar-refractivity contribution is 5.83. The fourth-order valence-electron chi connectivity index (χ4n) is 2.82. The van der Waals surface area contributed by atoms with Crippen LogP contribution in [0.2, 0.25) is 0 Å². The van der Waals surface area contributed by atoms with E-state index in [9.17, 15) is 0 Å². The quantitative estimate of drug-likeness (QED) is 0.433. The third kappa shape index (κ3) is 4.28. The molecule has 0 amide bonds. The topological polar surface area (TPSA) is 37.3 Å². The zero-order valence-corrected chi connectivity index (χ0v) is 14.8. The van der Waals surface area contributed by atoms with Gasteiger partial charge in [0.2, 0.25) is 0 Å². The summed E-state index contributed by atoms with van der Waals surface area (Å²) in [6.07, 6.45) is 1.80. The first-order valence-electron chi connectivity index (χ1n) is 8.86. The van der Waals surface area contributed by atoms with Crippen molar-refractivity contribution in [2.24, 2.45) is 4.99 Å². The van der Waals surface area contributed by atoms with Gasteiger partial charge in [0.25, 0.3) is 0 Å². The SMILES string of the molecule is C(=Nc1ccccc1)c1cccc(-c2ccccc2Nc2ccccc2)n1. The Hall–Kier alpha value is -3.72. The Balaban J connectivity index is 1.63. The third-order valence-electron chi connectivity index (χ3n) is 4.13. The largest absolute Gasteiger partial charge is 0.355 e. The van der Waals surface area contributed by atoms with Crippen LogP contribution in [0.25, 0.3) is 11.3 Å². The van der Waals surface area contributed by atoms with E-state index in [0.29, 0.717) is 0 Å². The monoisotopic (exact) mass is 349 g/mol. The van der Waals surface area contributed by atoms with Gasteiger partial charge in [0, 0.05) is 16.9 Å². The van der Waals surface area contributed by atoms with Gasteiger partial charge in [-0.05, 0) is 42.5 Å². The number of nitrogens with one attached hydrogen (secondary N) is 1. The number of hydrogen-bond acceptors (Lipinski definition) is 3. The molecule has 4 rings (SSSR count). The Morgan fingerprint density at radius 2 is 1.37 bits per heavy atom. The smallest absolute Gasteiger partial charge is 0.0820 e. The summed E-state index contributed by atoms with van der Waals surface area (Å²) in [5.74, 6) is 0. The lowest BCUT2D eigenvalue weighted by Gasteiger charge is -2.12. The maximum Gasteiger partial charge on any atom is 0.0820 e. The van der Waals surface area contributed by atoms with Gasteiger partial charge in [-0.1, -0.05) is 60.7 Å². The molecule has 0 fully saturated rings. The van der Waals surface area contributed by atoms with Crippen LogP contribution in [0.15, 0.2) is 108 Å². The van der Waals surface area contributed by atoms with E-state index in [1.165, 1.54) is 0 Å². The van der Waals surface area contributed by atoms with Gasteiger partial charge < -0.3 is 5.32 Å². The van der Waals surface area contributed by atoms with Gasteiger partial charge in [-0.15, -0.1) is 0 Å². The van der Waals surface area contributed by atoms with Crippen molar-refractivity contribution in [2.75, 3.05) is 5.32 Å². The third-order valence-corrected chi connectivity index (χ3v) is 4.13. The van der Waals surface area contributed by atoms with Gasteiger partial charge >= 0.3 is 0 Å². The lowest BCUT2D eigenvalue weighted by atomic mass is 10.1. The second-order valence-corrected chi connectivity index (χ2v) is 6.08. The molecule has 27 heavy (non-hydrogen) atoms. The number of hydrogen-bond donors (Lipinski definition) is 1. The van der Waals surface area contributed by atoms with Gasteiger partial charge in [0.05, 0.1) is 23.3 Å². The molecule has 1 heterocycles. The first-order valence-corrected chi connectivity index (χ1v) is 8.86. The Labute approximate surface area is 159 Å². The molecule has 0 bridgehead atoms. The van der Waals surface area contributed by atoms with Crippen molar-refractivity contribution in [1.82, 2.24) is 4.98 Å². The normalized spacial score (nSPS) is 10.8. The van der Waals surface area contributed by atoms with Gasteiger partial charge in [0.15, 0.2) is 0 Å². The minimum atomic E-state index is 0.825. The number of nitrogens with zero attached hydrogens (tertiary/aromatic N) is 2. The summed E-state index contributed by atoms with van der Waals surface area (Å²) in [6.45, 7) is 0. The molecule has 1 aromatic heterocycles. The molecule has 0 aliphatic carbocycles. The van der Waals surface area contributed by atoms with E-state index in [-0.39, 0.29) is 0 Å². The van der Waals surface area contributed by atoms with Crippen molar-refractivity contribution < 1.29 is 0 Å². The predicted molar refractivity (Wildman–Crippen MR) is 113 cm³/mol. The van der Waals surface area contributed by atoms with Gasteiger partial charge in [-0.25, -0.2) is 4.98 Å². The van der Waals surface area contributed by atoms with Crippen LogP contribution in [-0.2, 0) is 0 Å². The molecule has 130 valence electrons. The summed E-state index contributed by atoms with van der Waals surface area (Å²) in [5.41, 5.74) is 5.77. The maximum absolute atomic E-state index is 4.77. The number of pyridine rings is 1. The molecule has 0 saturated heterocycles. The Morgan fingerprint density at radius 3 is 2.19 bits per heavy atom. The van der Waals surface area contributed by atoms with E-state index in [4.69, 9.17) is 4.98 Å². The fourth-order valence-corrected chi connectivity index (χ4v) is 2.82. The van der Waals surface area contributed by atoms with Crippen LogP contribution in [0, 0.1) is 0 Å². The highest BCUT2D eigenvalue weighted by Gasteiger charge is 2.06. The van der Waals surface area contributed by atoms with Crippen LogP contribution >= 0.6 is 0 Å². The zero-order chi connectivity index (χ0) is 18.3. The molecule has 0 aliphatic heterocycles. The van der Waals surface area contributed by atoms with Crippen LogP contribution in [-0.4, -0.2) is 11.2 Å². The highest BCUT2D eigenvalue weighted by Crippen LogP contribution is 2.29. The summed E-state index contributed by atoms with van der Waals surface area (Å²) in [4.78, 5) is 9.27. The fraction of sp³-hybridized carbons (Fsp3) is 0. The van der Waals surface area contributed by atoms with Crippen LogP contribution in [0.3, 0.4) is 0 Å². The summed E-state index contributed by atoms with van der Waals surface area (Å²) in [6, 6.07) is 34.2. The minimum absolute atomic E-state index is 0.825. The number of anilines is 2. The second kappa shape index (κ2) is 8.11. The molecule has 0 saturated carbocycles. The Morgan fingerprint density at radius 1 is 0.667 bits per heavy atom. The van der Waals surface area contributed by atoms with Crippen LogP contribution in [0.5, 0.6) is 0 Å². The number of aliphatic imine (C=N–C) groups is 1. The number of para-hydroxylation sites is 3. The maximum atomic E-state index is 4.77. The number of aromatic nitrogens is 1. The summed E-state index contributed by atoms with van der Waals surface area (Å²) < 4.78 is 0. The standard InChI is InChI=1S/C24H19N3/c1-3-10-19(11-4-1)25-18-21-14-9-17-24(27-21)22-15-7-8-16-23(22)26-20-12-5-2-6-13-20/h1-18,26H. The van der Waals surface area contributed by atoms with Gasteiger partial charge in [0.1, 0.15) is 0 Å². The Kier molecular flexibility index (Phi) is 5.02. The van der Waals surface area contributed by atoms with Crippen molar-refractivity contribution >= 4 is 23.3 Å². The number of benzene rings is 3. The molecular weight excluding hydrogens is 330 g/mol. The van der Waals surface area contributed by atoms with E-state index in [0.717, 1.165) is 34.0 Å². The Bertz CT molecular complexity index is 1040. The molecule has 3 heteroatoms. The molecule has 3 nitrogen and oxygen atoms in total. The molecule has 0 radical (unpaired) electrons. The van der Waals surface area contributed by atoms with E-state index < -0.39 is 0 Å². The molecule has 4 aromatic rings. The average molecular weight is 349 g/mol. The van der Waals surface area contributed by atoms with Gasteiger partial charge in [-0.3, -0.25) is 4.99 Å². The molecule has 1 N–H and O–H groups in total. The highest BCUT2D eigenvalue weighted by atomic mass is 14.9. The second-order valence-electron chi connectivity index (χ2n) is 6.08. The summed E-state index contributed by atoms with van der Waals surface area (Å²) in [5, 5.41) is 3.47. The van der Waals surface area contributed by atoms with Crippen LogP contribution in [0.1, 0.15) is 5.69 Å². The molecule has 0 atom stereocenters. The van der Waals surface area contributed by atoms with Crippen molar-refractivity contribution in [1.29, 1.82) is 0 Å². The van der Waals surface area contributed by atoms with Crippen LogP contribution < -0.4 is 5.32 Å². The molecule has 0 unspecified atom stereocenters. The first-order chi connectivity index (χ1) is 13.4. The number of rotatable bonds is 5. The molecule has 3 aromatic carbocycles. The first kappa shape index (κ1) is 16.7. The zero-order valence-electron chi connectivity index (χ0n) is 14.8. The predicted octanol–water partition coefficient (Wildman–Crippen LogP) is 6.24. The lowest BCUT2D eigenvalue weighted by molar-refractivity contribution is 1.30. The summed E-state index contributed by atoms with van der Waals surface area (Å²) in [7, 11) is 0. The van der Waals surface area contributed by atoms with Crippen LogP contribution in [0.4, 0.5) is 17.1 Å². The molecule has 0 aliphatic rings.